The van der Waals surface area contributed by atoms with Gasteiger partial charge in [-0.05, 0) is 48.9 Å². The Morgan fingerprint density at radius 3 is 2.65 bits per heavy atom. The molecule has 26 heavy (non-hydrogen) atoms. The average molecular weight is 366 g/mol. The van der Waals surface area contributed by atoms with Crippen LogP contribution in [-0.2, 0) is 13.1 Å². The van der Waals surface area contributed by atoms with Crippen LogP contribution in [0.25, 0.3) is 11.5 Å². The summed E-state index contributed by atoms with van der Waals surface area (Å²) in [5, 5.41) is 9.58. The maximum Gasteiger partial charge on any atom is 0.226 e. The molecule has 5 heteroatoms. The van der Waals surface area contributed by atoms with Crippen molar-refractivity contribution in [3.63, 3.8) is 0 Å². The third kappa shape index (κ3) is 4.72. The maximum absolute atomic E-state index is 8.92. The van der Waals surface area contributed by atoms with Crippen LogP contribution in [0.5, 0.6) is 0 Å². The summed E-state index contributed by atoms with van der Waals surface area (Å²) < 4.78 is 5.63. The lowest BCUT2D eigenvalue weighted by Crippen LogP contribution is -2.23. The van der Waals surface area contributed by atoms with Gasteiger partial charge in [-0.1, -0.05) is 36.7 Å². The molecule has 4 nitrogen and oxygen atoms in total. The summed E-state index contributed by atoms with van der Waals surface area (Å²) in [7, 11) is 0. The van der Waals surface area contributed by atoms with Gasteiger partial charge >= 0.3 is 0 Å². The topological polar surface area (TPSA) is 53.1 Å². The molecular weight excluding hydrogens is 346 g/mol. The number of oxazole rings is 1. The van der Waals surface area contributed by atoms with E-state index in [0.29, 0.717) is 23.0 Å². The quantitative estimate of drug-likeness (QED) is 0.571. The van der Waals surface area contributed by atoms with Gasteiger partial charge in [0.1, 0.15) is 6.26 Å². The van der Waals surface area contributed by atoms with Gasteiger partial charge < -0.3 is 4.42 Å². The molecule has 0 spiro atoms. The fraction of sp³-hybridized carbons (Fsp3) is 0.238. The molecule has 0 atom stereocenters. The number of nitriles is 1. The first-order valence-electron chi connectivity index (χ1n) is 8.59. The van der Waals surface area contributed by atoms with E-state index >= 15 is 0 Å². The third-order valence-corrected chi connectivity index (χ3v) is 4.27. The van der Waals surface area contributed by atoms with E-state index in [2.05, 4.69) is 22.9 Å². The number of hydrogen-bond donors (Lipinski definition) is 0. The number of nitrogens with zero attached hydrogens (tertiary/aromatic N) is 3. The molecule has 0 saturated heterocycles. The minimum absolute atomic E-state index is 0.581. The van der Waals surface area contributed by atoms with E-state index in [4.69, 9.17) is 21.3 Å². The highest BCUT2D eigenvalue weighted by atomic mass is 35.5. The molecular formula is C21H20ClN3O. The van der Waals surface area contributed by atoms with Gasteiger partial charge in [0.05, 0.1) is 17.3 Å². The molecule has 3 rings (SSSR count). The van der Waals surface area contributed by atoms with Crippen molar-refractivity contribution in [2.45, 2.75) is 26.4 Å². The minimum Gasteiger partial charge on any atom is -0.444 e. The summed E-state index contributed by atoms with van der Waals surface area (Å²) in [6, 6.07) is 17.4. The molecule has 0 radical (unpaired) electrons. The monoisotopic (exact) mass is 365 g/mol. The zero-order valence-electron chi connectivity index (χ0n) is 14.7. The van der Waals surface area contributed by atoms with Gasteiger partial charge in [0.25, 0.3) is 0 Å². The number of hydrogen-bond acceptors (Lipinski definition) is 4. The molecule has 0 amide bonds. The fourth-order valence-electron chi connectivity index (χ4n) is 2.84. The van der Waals surface area contributed by atoms with Gasteiger partial charge in [-0.25, -0.2) is 4.98 Å². The predicted molar refractivity (Wildman–Crippen MR) is 103 cm³/mol. The van der Waals surface area contributed by atoms with E-state index in [-0.39, 0.29) is 0 Å². The molecule has 2 aromatic carbocycles. The zero-order chi connectivity index (χ0) is 18.4. The van der Waals surface area contributed by atoms with Gasteiger partial charge in [0.15, 0.2) is 0 Å². The average Bonchev–Trinajstić information content (AvgIpc) is 3.11. The highest BCUT2D eigenvalue weighted by Gasteiger charge is 2.12. The summed E-state index contributed by atoms with van der Waals surface area (Å²) in [5.41, 5.74) is 3.62. The Morgan fingerprint density at radius 2 is 1.96 bits per heavy atom. The van der Waals surface area contributed by atoms with Crippen molar-refractivity contribution in [1.29, 1.82) is 5.26 Å². The predicted octanol–water partition coefficient (Wildman–Crippen LogP) is 5.28. The first-order chi connectivity index (χ1) is 12.7. The Hall–Kier alpha value is -2.61. The second kappa shape index (κ2) is 8.66. The van der Waals surface area contributed by atoms with E-state index in [0.717, 1.165) is 30.8 Å². The molecule has 0 aliphatic rings. The molecule has 1 heterocycles. The van der Waals surface area contributed by atoms with Crippen molar-refractivity contribution in [3.8, 4) is 17.5 Å². The van der Waals surface area contributed by atoms with Crippen LogP contribution < -0.4 is 0 Å². The first-order valence-corrected chi connectivity index (χ1v) is 8.97. The Labute approximate surface area is 158 Å². The van der Waals surface area contributed by atoms with Gasteiger partial charge in [0.2, 0.25) is 5.89 Å². The SMILES string of the molecule is CCCN(Cc1ccc(C#N)cc1)Cc1coc(-c2cccc(Cl)c2)n1. The number of halogens is 1. The van der Waals surface area contributed by atoms with Crippen molar-refractivity contribution in [1.82, 2.24) is 9.88 Å². The molecule has 0 aliphatic heterocycles. The normalized spacial score (nSPS) is 10.8. The van der Waals surface area contributed by atoms with Gasteiger partial charge in [-0.15, -0.1) is 0 Å². The standard InChI is InChI=1S/C21H20ClN3O/c1-2-10-25(13-17-8-6-16(12-23)7-9-17)14-20-15-26-21(24-20)18-4-3-5-19(22)11-18/h3-9,11,15H,2,10,13-14H2,1H3. The fourth-order valence-corrected chi connectivity index (χ4v) is 3.03. The van der Waals surface area contributed by atoms with Crippen LogP contribution in [0.1, 0.15) is 30.2 Å². The molecule has 0 saturated carbocycles. The van der Waals surface area contributed by atoms with E-state index in [1.807, 2.05) is 48.5 Å². The lowest BCUT2D eigenvalue weighted by Gasteiger charge is -2.20. The second-order valence-electron chi connectivity index (χ2n) is 6.17. The first kappa shape index (κ1) is 18.2. The summed E-state index contributed by atoms with van der Waals surface area (Å²) >= 11 is 6.04. The Morgan fingerprint density at radius 1 is 1.15 bits per heavy atom. The molecule has 0 aliphatic carbocycles. The molecule has 0 fully saturated rings. The third-order valence-electron chi connectivity index (χ3n) is 4.04. The van der Waals surface area contributed by atoms with Crippen LogP contribution in [0.15, 0.2) is 59.2 Å². The zero-order valence-corrected chi connectivity index (χ0v) is 15.4. The maximum atomic E-state index is 8.92. The Balaban J connectivity index is 1.70. The van der Waals surface area contributed by atoms with E-state index in [1.54, 1.807) is 6.26 Å². The summed E-state index contributed by atoms with van der Waals surface area (Å²) in [6.45, 7) is 4.63. The van der Waals surface area contributed by atoms with E-state index in [1.165, 1.54) is 5.56 Å². The van der Waals surface area contributed by atoms with Crippen LogP contribution in [-0.4, -0.2) is 16.4 Å². The van der Waals surface area contributed by atoms with Gasteiger partial charge in [-0.2, -0.15) is 5.26 Å². The van der Waals surface area contributed by atoms with Crippen molar-refractivity contribution >= 4 is 11.6 Å². The largest absolute Gasteiger partial charge is 0.444 e. The molecule has 1 aromatic heterocycles. The molecule has 3 aromatic rings. The van der Waals surface area contributed by atoms with Crippen molar-refractivity contribution in [2.24, 2.45) is 0 Å². The van der Waals surface area contributed by atoms with Gasteiger partial charge in [-0.3, -0.25) is 4.90 Å². The van der Waals surface area contributed by atoms with E-state index < -0.39 is 0 Å². The van der Waals surface area contributed by atoms with Crippen molar-refractivity contribution in [2.75, 3.05) is 6.54 Å². The highest BCUT2D eigenvalue weighted by molar-refractivity contribution is 6.30. The lowest BCUT2D eigenvalue weighted by atomic mass is 10.1. The molecule has 0 N–H and O–H groups in total. The van der Waals surface area contributed by atoms with E-state index in [9.17, 15) is 0 Å². The van der Waals surface area contributed by atoms with Crippen molar-refractivity contribution < 1.29 is 4.42 Å². The summed E-state index contributed by atoms with van der Waals surface area (Å²) in [5.74, 6) is 0.581. The lowest BCUT2D eigenvalue weighted by molar-refractivity contribution is 0.254. The summed E-state index contributed by atoms with van der Waals surface area (Å²) in [4.78, 5) is 6.92. The van der Waals surface area contributed by atoms with Crippen LogP contribution in [0.4, 0.5) is 0 Å². The number of benzene rings is 2. The summed E-state index contributed by atoms with van der Waals surface area (Å²) in [6.07, 6.45) is 2.76. The van der Waals surface area contributed by atoms with Crippen LogP contribution >= 0.6 is 11.6 Å². The number of aromatic nitrogens is 1. The minimum atomic E-state index is 0.581. The highest BCUT2D eigenvalue weighted by Crippen LogP contribution is 2.22. The second-order valence-corrected chi connectivity index (χ2v) is 6.61. The smallest absolute Gasteiger partial charge is 0.226 e. The number of rotatable bonds is 7. The Kier molecular flexibility index (Phi) is 6.06. The molecule has 0 unspecified atom stereocenters. The molecule has 0 bridgehead atoms. The van der Waals surface area contributed by atoms with Gasteiger partial charge in [0, 0.05) is 23.7 Å². The molecule has 132 valence electrons. The van der Waals surface area contributed by atoms with Crippen LogP contribution in [0, 0.1) is 11.3 Å². The van der Waals surface area contributed by atoms with Crippen LogP contribution in [0.3, 0.4) is 0 Å². The van der Waals surface area contributed by atoms with Crippen LogP contribution in [0.2, 0.25) is 5.02 Å². The Bertz CT molecular complexity index is 896. The van der Waals surface area contributed by atoms with Crippen molar-refractivity contribution in [3.05, 3.63) is 76.6 Å².